The minimum atomic E-state index is -2.90. The smallest absolute Gasteiger partial charge is 0.150 e. The summed E-state index contributed by atoms with van der Waals surface area (Å²) in [5.41, 5.74) is 2.22. The second kappa shape index (κ2) is 5.52. The van der Waals surface area contributed by atoms with Gasteiger partial charge in [0.1, 0.15) is 5.75 Å². The lowest BCUT2D eigenvalue weighted by Crippen LogP contribution is -2.38. The molecule has 4 nitrogen and oxygen atoms in total. The number of sulfone groups is 1. The van der Waals surface area contributed by atoms with Gasteiger partial charge in [0.05, 0.1) is 18.1 Å². The highest BCUT2D eigenvalue weighted by molar-refractivity contribution is 7.91. The van der Waals surface area contributed by atoms with Gasteiger partial charge >= 0.3 is 0 Å². The van der Waals surface area contributed by atoms with Crippen molar-refractivity contribution in [3.63, 3.8) is 0 Å². The molecule has 1 N–H and O–H groups in total. The fourth-order valence-electron chi connectivity index (χ4n) is 3.30. The third-order valence-electron chi connectivity index (χ3n) is 4.41. The molecule has 0 amide bonds. The Morgan fingerprint density at radius 3 is 3.00 bits per heavy atom. The van der Waals surface area contributed by atoms with Crippen molar-refractivity contribution in [1.29, 1.82) is 0 Å². The van der Waals surface area contributed by atoms with Crippen molar-refractivity contribution in [1.82, 2.24) is 0 Å². The van der Waals surface area contributed by atoms with E-state index in [1.54, 1.807) is 0 Å². The van der Waals surface area contributed by atoms with Crippen molar-refractivity contribution in [3.8, 4) is 5.75 Å². The first-order valence-corrected chi connectivity index (χ1v) is 9.48. The first-order chi connectivity index (χ1) is 9.96. The third kappa shape index (κ3) is 3.51. The molecule has 0 bridgehead atoms. The quantitative estimate of drug-likeness (QED) is 0.932. The maximum Gasteiger partial charge on any atom is 0.150 e. The van der Waals surface area contributed by atoms with E-state index in [1.807, 2.05) is 19.1 Å². The number of hydrogen-bond donors (Lipinski definition) is 1. The number of ether oxygens (including phenoxy) is 1. The Balaban J connectivity index is 1.67. The molecule has 0 saturated carbocycles. The molecular formula is C16H23NO3S. The highest BCUT2D eigenvalue weighted by atomic mass is 32.2. The molecule has 1 atom stereocenters. The summed E-state index contributed by atoms with van der Waals surface area (Å²) in [6, 6.07) is 6.14. The van der Waals surface area contributed by atoms with E-state index >= 15 is 0 Å². The molecule has 2 aliphatic heterocycles. The molecule has 1 saturated heterocycles. The van der Waals surface area contributed by atoms with E-state index in [9.17, 15) is 8.42 Å². The summed E-state index contributed by atoms with van der Waals surface area (Å²) in [6.07, 6.45) is 3.94. The zero-order chi connectivity index (χ0) is 14.9. The van der Waals surface area contributed by atoms with Crippen LogP contribution in [-0.2, 0) is 16.3 Å². The fourth-order valence-corrected chi connectivity index (χ4v) is 5.31. The standard InChI is InChI=1S/C16H23NO3S/c1-16(7-3-9-21(18,19)12-16)11-20-14-6-5-13-4-2-8-17-15(13)10-14/h5-6,10,17H,2-4,7-9,11-12H2,1H3. The van der Waals surface area contributed by atoms with Crippen molar-refractivity contribution in [2.24, 2.45) is 5.41 Å². The Morgan fingerprint density at radius 2 is 2.19 bits per heavy atom. The second-order valence-corrected chi connectivity index (χ2v) is 8.83. The molecule has 0 spiro atoms. The number of rotatable bonds is 3. The summed E-state index contributed by atoms with van der Waals surface area (Å²) in [5.74, 6) is 1.39. The molecule has 5 heteroatoms. The predicted molar refractivity (Wildman–Crippen MR) is 84.7 cm³/mol. The third-order valence-corrected chi connectivity index (χ3v) is 6.46. The number of nitrogens with one attached hydrogen (secondary N) is 1. The van der Waals surface area contributed by atoms with Crippen LogP contribution in [0.25, 0.3) is 0 Å². The summed E-state index contributed by atoms with van der Waals surface area (Å²) in [4.78, 5) is 0. The molecule has 0 aromatic heterocycles. The van der Waals surface area contributed by atoms with Crippen LogP contribution in [0.4, 0.5) is 5.69 Å². The van der Waals surface area contributed by atoms with Gasteiger partial charge < -0.3 is 10.1 Å². The molecule has 1 aromatic carbocycles. The van der Waals surface area contributed by atoms with Gasteiger partial charge in [-0.3, -0.25) is 0 Å². The number of anilines is 1. The van der Waals surface area contributed by atoms with Crippen LogP contribution in [0.5, 0.6) is 5.75 Å². The highest BCUT2D eigenvalue weighted by Gasteiger charge is 2.35. The molecular weight excluding hydrogens is 286 g/mol. The summed E-state index contributed by atoms with van der Waals surface area (Å²) >= 11 is 0. The van der Waals surface area contributed by atoms with Crippen molar-refractivity contribution in [3.05, 3.63) is 23.8 Å². The summed E-state index contributed by atoms with van der Waals surface area (Å²) in [6.45, 7) is 3.48. The van der Waals surface area contributed by atoms with Gasteiger partial charge in [0.15, 0.2) is 9.84 Å². The molecule has 0 aliphatic carbocycles. The largest absolute Gasteiger partial charge is 0.493 e. The van der Waals surface area contributed by atoms with Gasteiger partial charge in [-0.15, -0.1) is 0 Å². The van der Waals surface area contributed by atoms with Crippen LogP contribution < -0.4 is 10.1 Å². The normalized spacial score (nSPS) is 27.5. The van der Waals surface area contributed by atoms with E-state index in [0.29, 0.717) is 12.4 Å². The molecule has 0 radical (unpaired) electrons. The van der Waals surface area contributed by atoms with Crippen molar-refractivity contribution >= 4 is 15.5 Å². The van der Waals surface area contributed by atoms with Gasteiger partial charge in [-0.2, -0.15) is 0 Å². The van der Waals surface area contributed by atoms with Gasteiger partial charge in [0, 0.05) is 23.7 Å². The van der Waals surface area contributed by atoms with E-state index in [-0.39, 0.29) is 11.2 Å². The van der Waals surface area contributed by atoms with Crippen LogP contribution in [0.3, 0.4) is 0 Å². The lowest BCUT2D eigenvalue weighted by Gasteiger charge is -2.33. The summed E-state index contributed by atoms with van der Waals surface area (Å²) < 4.78 is 29.5. The van der Waals surface area contributed by atoms with E-state index < -0.39 is 9.84 Å². The van der Waals surface area contributed by atoms with Crippen LogP contribution >= 0.6 is 0 Å². The lowest BCUT2D eigenvalue weighted by molar-refractivity contribution is 0.167. The Kier molecular flexibility index (Phi) is 3.86. The molecule has 116 valence electrons. The van der Waals surface area contributed by atoms with Crippen LogP contribution in [0.15, 0.2) is 18.2 Å². The Labute approximate surface area is 126 Å². The van der Waals surface area contributed by atoms with Gasteiger partial charge in [-0.25, -0.2) is 8.42 Å². The predicted octanol–water partition coefficient (Wildman–Crippen LogP) is 2.64. The van der Waals surface area contributed by atoms with E-state index in [4.69, 9.17) is 4.74 Å². The van der Waals surface area contributed by atoms with Gasteiger partial charge in [0.2, 0.25) is 0 Å². The van der Waals surface area contributed by atoms with Crippen LogP contribution in [0.1, 0.15) is 31.7 Å². The molecule has 1 fully saturated rings. The highest BCUT2D eigenvalue weighted by Crippen LogP contribution is 2.33. The lowest BCUT2D eigenvalue weighted by atomic mass is 9.88. The van der Waals surface area contributed by atoms with Crippen molar-refractivity contribution < 1.29 is 13.2 Å². The minimum absolute atomic E-state index is 0.239. The van der Waals surface area contributed by atoms with Gasteiger partial charge in [-0.05, 0) is 37.3 Å². The number of benzene rings is 1. The first-order valence-electron chi connectivity index (χ1n) is 7.66. The Bertz CT molecular complexity index is 626. The average molecular weight is 309 g/mol. The molecule has 2 heterocycles. The minimum Gasteiger partial charge on any atom is -0.493 e. The summed E-state index contributed by atoms with van der Waals surface area (Å²) in [7, 11) is -2.90. The van der Waals surface area contributed by atoms with Crippen LogP contribution in [0, 0.1) is 5.41 Å². The number of hydrogen-bond acceptors (Lipinski definition) is 4. The van der Waals surface area contributed by atoms with E-state index in [1.165, 1.54) is 12.0 Å². The average Bonchev–Trinajstić information content (AvgIpc) is 2.44. The van der Waals surface area contributed by atoms with E-state index in [0.717, 1.165) is 37.2 Å². The molecule has 1 unspecified atom stereocenters. The maximum absolute atomic E-state index is 11.8. The summed E-state index contributed by atoms with van der Waals surface area (Å²) in [5, 5.41) is 3.39. The maximum atomic E-state index is 11.8. The fraction of sp³-hybridized carbons (Fsp3) is 0.625. The van der Waals surface area contributed by atoms with Gasteiger partial charge in [-0.1, -0.05) is 13.0 Å². The monoisotopic (exact) mass is 309 g/mol. The zero-order valence-electron chi connectivity index (χ0n) is 12.5. The van der Waals surface area contributed by atoms with Crippen molar-refractivity contribution in [2.75, 3.05) is 30.0 Å². The number of fused-ring (bicyclic) bond motifs is 1. The Hall–Kier alpha value is -1.23. The SMILES string of the molecule is CC1(COc2ccc3c(c2)NCCC3)CCCS(=O)(=O)C1. The molecule has 1 aromatic rings. The molecule has 21 heavy (non-hydrogen) atoms. The topological polar surface area (TPSA) is 55.4 Å². The van der Waals surface area contributed by atoms with Crippen LogP contribution in [-0.4, -0.2) is 33.1 Å². The Morgan fingerprint density at radius 1 is 1.33 bits per heavy atom. The molecule has 2 aliphatic rings. The second-order valence-electron chi connectivity index (χ2n) is 6.64. The van der Waals surface area contributed by atoms with Gasteiger partial charge in [0.25, 0.3) is 0 Å². The number of aryl methyl sites for hydroxylation is 1. The van der Waals surface area contributed by atoms with Crippen LogP contribution in [0.2, 0.25) is 0 Å². The van der Waals surface area contributed by atoms with E-state index in [2.05, 4.69) is 11.4 Å². The zero-order valence-corrected chi connectivity index (χ0v) is 13.3. The first kappa shape index (κ1) is 14.7. The van der Waals surface area contributed by atoms with Crippen molar-refractivity contribution in [2.45, 2.75) is 32.6 Å². The molecule has 3 rings (SSSR count).